The fourth-order valence-corrected chi connectivity index (χ4v) is 3.94. The van der Waals surface area contributed by atoms with E-state index in [4.69, 9.17) is 0 Å². The van der Waals surface area contributed by atoms with Crippen LogP contribution in [0.4, 0.5) is 16.3 Å². The van der Waals surface area contributed by atoms with Crippen LogP contribution in [-0.4, -0.2) is 52.1 Å². The number of nitrogens with one attached hydrogen (secondary N) is 1. The second kappa shape index (κ2) is 8.18. The number of rotatable bonds is 4. The summed E-state index contributed by atoms with van der Waals surface area (Å²) in [5, 5.41) is 2.87. The van der Waals surface area contributed by atoms with Crippen molar-refractivity contribution in [3.8, 4) is 0 Å². The number of anilines is 2. The third kappa shape index (κ3) is 3.75. The first-order chi connectivity index (χ1) is 14.5. The zero-order valence-electron chi connectivity index (χ0n) is 18.0. The van der Waals surface area contributed by atoms with Crippen molar-refractivity contribution < 1.29 is 4.79 Å². The Morgan fingerprint density at radius 3 is 2.80 bits per heavy atom. The van der Waals surface area contributed by atoms with Crippen molar-refractivity contribution >= 4 is 34.1 Å². The number of hydrogen-bond acceptors (Lipinski definition) is 4. The first-order valence-corrected chi connectivity index (χ1v) is 10.3. The minimum atomic E-state index is 0.0128. The molecular weight excluding hydrogens is 376 g/mol. The molecule has 0 fully saturated rings. The van der Waals surface area contributed by atoms with Gasteiger partial charge in [-0.25, -0.2) is 14.8 Å². The number of amides is 2. The van der Waals surface area contributed by atoms with Crippen molar-refractivity contribution in [2.45, 2.75) is 20.3 Å². The van der Waals surface area contributed by atoms with Gasteiger partial charge in [-0.3, -0.25) is 0 Å². The number of carbonyl (C=O) groups excluding carboxylic acids is 1. The van der Waals surface area contributed by atoms with Crippen LogP contribution in [0.25, 0.3) is 16.6 Å². The van der Waals surface area contributed by atoms with Gasteiger partial charge in [0.1, 0.15) is 11.3 Å². The van der Waals surface area contributed by atoms with E-state index in [2.05, 4.69) is 57.4 Å². The molecule has 0 bridgehead atoms. The van der Waals surface area contributed by atoms with Crippen LogP contribution in [-0.2, 0) is 7.05 Å². The van der Waals surface area contributed by atoms with E-state index in [-0.39, 0.29) is 6.03 Å². The maximum absolute atomic E-state index is 12.0. The van der Waals surface area contributed by atoms with E-state index in [1.165, 1.54) is 16.7 Å². The molecule has 0 spiro atoms. The first kappa shape index (κ1) is 19.9. The van der Waals surface area contributed by atoms with Crippen molar-refractivity contribution in [1.82, 2.24) is 24.8 Å². The van der Waals surface area contributed by atoms with Gasteiger partial charge in [0, 0.05) is 45.5 Å². The molecule has 4 rings (SSSR count). The molecule has 2 amide bonds. The minimum absolute atomic E-state index is 0.0128. The Bertz CT molecular complexity index is 1120. The molecule has 0 atom stereocenters. The van der Waals surface area contributed by atoms with Crippen molar-refractivity contribution in [2.24, 2.45) is 7.05 Å². The van der Waals surface area contributed by atoms with Gasteiger partial charge in [0.2, 0.25) is 0 Å². The lowest BCUT2D eigenvalue weighted by Crippen LogP contribution is -2.41. The van der Waals surface area contributed by atoms with E-state index in [0.717, 1.165) is 35.5 Å². The zero-order chi connectivity index (χ0) is 21.3. The minimum Gasteiger partial charge on any atom is -0.338 e. The lowest BCUT2D eigenvalue weighted by atomic mass is 9.97. The predicted molar refractivity (Wildman–Crippen MR) is 121 cm³/mol. The highest BCUT2D eigenvalue weighted by atomic mass is 16.2. The molecule has 7 heteroatoms. The lowest BCUT2D eigenvalue weighted by molar-refractivity contribution is 0.203. The first-order valence-electron chi connectivity index (χ1n) is 10.3. The van der Waals surface area contributed by atoms with Gasteiger partial charge in [-0.1, -0.05) is 12.1 Å². The van der Waals surface area contributed by atoms with Crippen LogP contribution in [0.3, 0.4) is 0 Å². The predicted octanol–water partition coefficient (Wildman–Crippen LogP) is 3.86. The van der Waals surface area contributed by atoms with Gasteiger partial charge in [-0.05, 0) is 49.1 Å². The van der Waals surface area contributed by atoms with Gasteiger partial charge in [0.15, 0.2) is 0 Å². The molecule has 0 aliphatic carbocycles. The molecule has 0 radical (unpaired) electrons. The Morgan fingerprint density at radius 2 is 2.10 bits per heavy atom. The molecule has 1 aliphatic heterocycles. The summed E-state index contributed by atoms with van der Waals surface area (Å²) in [4.78, 5) is 24.9. The van der Waals surface area contributed by atoms with Crippen molar-refractivity contribution in [3.05, 3.63) is 54.0 Å². The molecule has 0 saturated heterocycles. The highest BCUT2D eigenvalue weighted by molar-refractivity contribution is 5.80. The number of hydrogen-bond donors (Lipinski definition) is 1. The summed E-state index contributed by atoms with van der Waals surface area (Å²) >= 11 is 0. The van der Waals surface area contributed by atoms with Crippen LogP contribution < -0.4 is 10.2 Å². The largest absolute Gasteiger partial charge is 0.338 e. The zero-order valence-corrected chi connectivity index (χ0v) is 18.0. The number of aromatic nitrogens is 3. The number of imidazole rings is 1. The molecular formula is C23H28N6O. The smallest absolute Gasteiger partial charge is 0.317 e. The number of benzene rings is 1. The Balaban J connectivity index is 1.54. The van der Waals surface area contributed by atoms with E-state index in [9.17, 15) is 4.79 Å². The highest BCUT2D eigenvalue weighted by Crippen LogP contribution is 2.31. The highest BCUT2D eigenvalue weighted by Gasteiger charge is 2.18. The topological polar surface area (TPSA) is 66.3 Å². The fourth-order valence-electron chi connectivity index (χ4n) is 3.94. The third-order valence-corrected chi connectivity index (χ3v) is 5.69. The Kier molecular flexibility index (Phi) is 5.44. The number of pyridine rings is 1. The molecule has 7 nitrogen and oxygen atoms in total. The second-order valence-corrected chi connectivity index (χ2v) is 7.71. The van der Waals surface area contributed by atoms with Crippen molar-refractivity contribution in [3.63, 3.8) is 0 Å². The number of urea groups is 1. The van der Waals surface area contributed by atoms with Crippen LogP contribution in [0.2, 0.25) is 0 Å². The number of fused-ring (bicyclic) bond motifs is 1. The second-order valence-electron chi connectivity index (χ2n) is 7.71. The van der Waals surface area contributed by atoms with E-state index in [1.54, 1.807) is 6.33 Å². The quantitative estimate of drug-likeness (QED) is 0.717. The average molecular weight is 405 g/mol. The molecule has 0 unspecified atom stereocenters. The van der Waals surface area contributed by atoms with Crippen molar-refractivity contribution in [2.75, 3.05) is 31.6 Å². The summed E-state index contributed by atoms with van der Waals surface area (Å²) in [5.74, 6) is 0.886. The summed E-state index contributed by atoms with van der Waals surface area (Å²) in [7, 11) is 4.03. The van der Waals surface area contributed by atoms with Gasteiger partial charge >= 0.3 is 6.03 Å². The van der Waals surface area contributed by atoms with Crippen LogP contribution in [0.1, 0.15) is 24.5 Å². The normalized spacial score (nSPS) is 14.0. The Morgan fingerprint density at radius 1 is 1.27 bits per heavy atom. The lowest BCUT2D eigenvalue weighted by Gasteiger charge is -2.27. The van der Waals surface area contributed by atoms with Crippen molar-refractivity contribution in [1.29, 1.82) is 0 Å². The molecule has 1 aliphatic rings. The van der Waals surface area contributed by atoms with Crippen LogP contribution >= 0.6 is 0 Å². The molecule has 2 aromatic heterocycles. The summed E-state index contributed by atoms with van der Waals surface area (Å²) in [6.45, 7) is 6.11. The molecule has 30 heavy (non-hydrogen) atoms. The Hall–Kier alpha value is -3.35. The van der Waals surface area contributed by atoms with Crippen LogP contribution in [0, 0.1) is 6.92 Å². The van der Waals surface area contributed by atoms with Gasteiger partial charge in [0.25, 0.3) is 0 Å². The number of carbonyl (C=O) groups is 1. The molecule has 3 aromatic rings. The van der Waals surface area contributed by atoms with Gasteiger partial charge < -0.3 is 19.7 Å². The number of aryl methyl sites for hydroxylation is 2. The summed E-state index contributed by atoms with van der Waals surface area (Å²) in [5.41, 5.74) is 6.78. The summed E-state index contributed by atoms with van der Waals surface area (Å²) in [6.07, 6.45) is 6.65. The van der Waals surface area contributed by atoms with Gasteiger partial charge in [0.05, 0.1) is 18.0 Å². The summed E-state index contributed by atoms with van der Waals surface area (Å²) < 4.78 is 2.00. The maximum Gasteiger partial charge on any atom is 0.317 e. The number of nitrogens with zero attached hydrogens (tertiary/aromatic N) is 5. The van der Waals surface area contributed by atoms with E-state index in [0.29, 0.717) is 13.1 Å². The standard InChI is InChI=1S/C23H28N6O/c1-5-24-23(30)29-10-8-17(9-11-29)18-6-7-20(16(2)12-18)28(4)22-13-21-19(14-25-22)26-15-27(21)3/h6-8,12-15H,5,9-11H2,1-4H3,(H,24,30). The summed E-state index contributed by atoms with van der Waals surface area (Å²) in [6, 6.07) is 8.61. The molecule has 1 N–H and O–H groups in total. The maximum atomic E-state index is 12.0. The SMILES string of the molecule is CCNC(=O)N1CC=C(c2ccc(N(C)c3cc4c(cn3)ncn4C)c(C)c2)CC1. The van der Waals surface area contributed by atoms with Crippen LogP contribution in [0.5, 0.6) is 0 Å². The van der Waals surface area contributed by atoms with Crippen LogP contribution in [0.15, 0.2) is 42.9 Å². The van der Waals surface area contributed by atoms with E-state index in [1.807, 2.05) is 36.7 Å². The fraction of sp³-hybridized carbons (Fsp3) is 0.348. The monoisotopic (exact) mass is 404 g/mol. The molecule has 0 saturated carbocycles. The van der Waals surface area contributed by atoms with E-state index < -0.39 is 0 Å². The van der Waals surface area contributed by atoms with Gasteiger partial charge in [-0.2, -0.15) is 0 Å². The Labute approximate surface area is 177 Å². The van der Waals surface area contributed by atoms with E-state index >= 15 is 0 Å². The molecule has 3 heterocycles. The third-order valence-electron chi connectivity index (χ3n) is 5.69. The molecule has 156 valence electrons. The molecule has 1 aromatic carbocycles. The average Bonchev–Trinajstić information content (AvgIpc) is 3.13. The van der Waals surface area contributed by atoms with Gasteiger partial charge in [-0.15, -0.1) is 0 Å².